The lowest BCUT2D eigenvalue weighted by atomic mass is 10.3. The topological polar surface area (TPSA) is 72.5 Å². The maximum absolute atomic E-state index is 13.4. The Labute approximate surface area is 113 Å². The maximum Gasteiger partial charge on any atom is 0.274 e. The van der Waals surface area contributed by atoms with Crippen molar-refractivity contribution in [3.8, 4) is 5.75 Å². The second-order valence-electron chi connectivity index (χ2n) is 3.57. The van der Waals surface area contributed by atoms with Crippen LogP contribution in [0.25, 0.3) is 0 Å². The smallest absolute Gasteiger partial charge is 0.274 e. The van der Waals surface area contributed by atoms with Crippen molar-refractivity contribution in [2.75, 3.05) is 6.26 Å². The highest BCUT2D eigenvalue weighted by molar-refractivity contribution is 9.10. The third-order valence-corrected chi connectivity index (χ3v) is 2.92. The predicted octanol–water partition coefficient (Wildman–Crippen LogP) is 1.43. The van der Waals surface area contributed by atoms with Gasteiger partial charge in [-0.1, -0.05) is 15.9 Å². The number of ether oxygens (including phenoxy) is 1. The van der Waals surface area contributed by atoms with E-state index in [0.717, 1.165) is 6.26 Å². The molecule has 1 aromatic carbocycles. The molecule has 1 unspecified atom stereocenters. The summed E-state index contributed by atoms with van der Waals surface area (Å²) in [5.41, 5.74) is 0. The van der Waals surface area contributed by atoms with Gasteiger partial charge in [0.05, 0.1) is 6.26 Å². The highest BCUT2D eigenvalue weighted by Gasteiger charge is 2.19. The Morgan fingerprint density at radius 1 is 1.50 bits per heavy atom. The highest BCUT2D eigenvalue weighted by Crippen LogP contribution is 2.22. The highest BCUT2D eigenvalue weighted by atomic mass is 79.9. The van der Waals surface area contributed by atoms with Crippen molar-refractivity contribution in [3.05, 3.63) is 28.5 Å². The number of carbonyl (C=O) groups is 1. The summed E-state index contributed by atoms with van der Waals surface area (Å²) in [6, 6.07) is 4.06. The second kappa shape index (κ2) is 5.66. The molecule has 0 aliphatic heterocycles. The molecule has 0 heterocycles. The molecule has 0 bridgehead atoms. The Morgan fingerprint density at radius 2 is 2.11 bits per heavy atom. The summed E-state index contributed by atoms with van der Waals surface area (Å²) in [4.78, 5) is 11.4. The van der Waals surface area contributed by atoms with Crippen LogP contribution in [0.3, 0.4) is 0 Å². The second-order valence-corrected chi connectivity index (χ2v) is 6.24. The van der Waals surface area contributed by atoms with Crippen molar-refractivity contribution in [2.24, 2.45) is 0 Å². The number of rotatable bonds is 4. The van der Waals surface area contributed by atoms with Gasteiger partial charge in [0, 0.05) is 4.47 Å². The van der Waals surface area contributed by atoms with Crippen LogP contribution in [0.5, 0.6) is 5.75 Å². The lowest BCUT2D eigenvalue weighted by molar-refractivity contribution is -0.125. The first-order valence-corrected chi connectivity index (χ1v) is 7.51. The summed E-state index contributed by atoms with van der Waals surface area (Å²) in [5.74, 6) is -1.64. The van der Waals surface area contributed by atoms with Crippen LogP contribution in [0.4, 0.5) is 4.39 Å². The van der Waals surface area contributed by atoms with E-state index in [0.29, 0.717) is 4.47 Å². The molecule has 0 aliphatic rings. The van der Waals surface area contributed by atoms with Crippen molar-refractivity contribution in [1.29, 1.82) is 0 Å². The van der Waals surface area contributed by atoms with Crippen LogP contribution in [-0.2, 0) is 14.8 Å². The van der Waals surface area contributed by atoms with Gasteiger partial charge >= 0.3 is 0 Å². The van der Waals surface area contributed by atoms with Gasteiger partial charge in [-0.05, 0) is 25.1 Å². The number of carbonyl (C=O) groups excluding carboxylic acids is 1. The lowest BCUT2D eigenvalue weighted by Gasteiger charge is -2.14. The SMILES string of the molecule is CC(Oc1ccc(Br)cc1F)C(=O)NS(C)(=O)=O. The minimum absolute atomic E-state index is 0.130. The zero-order valence-corrected chi connectivity index (χ0v) is 12.0. The van der Waals surface area contributed by atoms with Gasteiger partial charge < -0.3 is 4.74 Å². The van der Waals surface area contributed by atoms with Crippen LogP contribution in [0.2, 0.25) is 0 Å². The number of sulfonamides is 1. The molecular weight excluding hydrogens is 329 g/mol. The lowest BCUT2D eigenvalue weighted by Crippen LogP contribution is -2.39. The molecule has 8 heteroatoms. The number of benzene rings is 1. The standard InChI is InChI=1S/C10H11BrFNO4S/c1-6(10(14)13-18(2,15)16)17-9-4-3-7(11)5-8(9)12/h3-6H,1-2H3,(H,13,14). The van der Waals surface area contributed by atoms with E-state index in [1.54, 1.807) is 10.8 Å². The quantitative estimate of drug-likeness (QED) is 0.900. The monoisotopic (exact) mass is 339 g/mol. The fraction of sp³-hybridized carbons (Fsp3) is 0.300. The third kappa shape index (κ3) is 4.61. The van der Waals surface area contributed by atoms with Gasteiger partial charge in [-0.3, -0.25) is 9.52 Å². The molecule has 1 atom stereocenters. The number of amides is 1. The number of nitrogens with one attached hydrogen (secondary N) is 1. The van der Waals surface area contributed by atoms with Gasteiger partial charge in [0.1, 0.15) is 0 Å². The molecule has 100 valence electrons. The number of halogens is 2. The molecule has 0 saturated carbocycles. The molecule has 1 rings (SSSR count). The first kappa shape index (κ1) is 14.9. The van der Waals surface area contributed by atoms with Crippen LogP contribution >= 0.6 is 15.9 Å². The van der Waals surface area contributed by atoms with Gasteiger partial charge in [-0.15, -0.1) is 0 Å². The largest absolute Gasteiger partial charge is 0.478 e. The fourth-order valence-electron chi connectivity index (χ4n) is 1.08. The molecule has 0 saturated heterocycles. The van der Waals surface area contributed by atoms with E-state index in [1.165, 1.54) is 19.1 Å². The molecular formula is C10H11BrFNO4S. The van der Waals surface area contributed by atoms with Crippen molar-refractivity contribution in [2.45, 2.75) is 13.0 Å². The van der Waals surface area contributed by atoms with Crippen LogP contribution in [0, 0.1) is 5.82 Å². The van der Waals surface area contributed by atoms with Gasteiger partial charge in [-0.25, -0.2) is 12.8 Å². The Morgan fingerprint density at radius 3 is 2.61 bits per heavy atom. The molecule has 0 spiro atoms. The Kier molecular flexibility index (Phi) is 4.69. The van der Waals surface area contributed by atoms with Crippen molar-refractivity contribution in [1.82, 2.24) is 4.72 Å². The van der Waals surface area contributed by atoms with Crippen molar-refractivity contribution >= 4 is 31.9 Å². The molecule has 5 nitrogen and oxygen atoms in total. The van der Waals surface area contributed by atoms with E-state index < -0.39 is 27.9 Å². The van der Waals surface area contributed by atoms with Crippen LogP contribution in [0.1, 0.15) is 6.92 Å². The zero-order chi connectivity index (χ0) is 13.9. The Bertz CT molecular complexity index is 561. The van der Waals surface area contributed by atoms with Crippen LogP contribution < -0.4 is 9.46 Å². The average Bonchev–Trinajstić information content (AvgIpc) is 2.19. The Hall–Kier alpha value is -1.15. The Balaban J connectivity index is 2.75. The minimum Gasteiger partial charge on any atom is -0.478 e. The summed E-state index contributed by atoms with van der Waals surface area (Å²) in [5, 5.41) is 0. The van der Waals surface area contributed by atoms with E-state index in [9.17, 15) is 17.6 Å². The van der Waals surface area contributed by atoms with Gasteiger partial charge in [0.15, 0.2) is 17.7 Å². The molecule has 0 aliphatic carbocycles. The summed E-state index contributed by atoms with van der Waals surface area (Å²) in [6.07, 6.45) is -0.284. The number of hydrogen-bond acceptors (Lipinski definition) is 4. The van der Waals surface area contributed by atoms with E-state index in [-0.39, 0.29) is 5.75 Å². The average molecular weight is 340 g/mol. The molecule has 0 aromatic heterocycles. The van der Waals surface area contributed by atoms with Crippen molar-refractivity contribution < 1.29 is 22.3 Å². The predicted molar refractivity (Wildman–Crippen MR) is 67.2 cm³/mol. The van der Waals surface area contributed by atoms with Gasteiger partial charge in [0.2, 0.25) is 10.0 Å². The molecule has 1 aromatic rings. The third-order valence-electron chi connectivity index (χ3n) is 1.85. The molecule has 0 fully saturated rings. The van der Waals surface area contributed by atoms with E-state index in [1.807, 2.05) is 0 Å². The first-order valence-electron chi connectivity index (χ1n) is 4.82. The maximum atomic E-state index is 13.4. The summed E-state index contributed by atoms with van der Waals surface area (Å²) < 4.78 is 42.4. The van der Waals surface area contributed by atoms with Gasteiger partial charge in [0.25, 0.3) is 5.91 Å². The van der Waals surface area contributed by atoms with Crippen molar-refractivity contribution in [3.63, 3.8) is 0 Å². The van der Waals surface area contributed by atoms with E-state index in [4.69, 9.17) is 4.74 Å². The zero-order valence-electron chi connectivity index (χ0n) is 9.61. The van der Waals surface area contributed by atoms with Crippen LogP contribution in [-0.4, -0.2) is 26.7 Å². The summed E-state index contributed by atoms with van der Waals surface area (Å²) in [7, 11) is -3.66. The molecule has 1 amide bonds. The van der Waals surface area contributed by atoms with Crippen LogP contribution in [0.15, 0.2) is 22.7 Å². The molecule has 18 heavy (non-hydrogen) atoms. The first-order chi connectivity index (χ1) is 8.19. The minimum atomic E-state index is -3.66. The molecule has 1 N–H and O–H groups in total. The fourth-order valence-corrected chi connectivity index (χ4v) is 1.95. The number of hydrogen-bond donors (Lipinski definition) is 1. The molecule has 0 radical (unpaired) electrons. The summed E-state index contributed by atoms with van der Waals surface area (Å²) >= 11 is 3.08. The van der Waals surface area contributed by atoms with Gasteiger partial charge in [-0.2, -0.15) is 0 Å². The van der Waals surface area contributed by atoms with E-state index in [2.05, 4.69) is 15.9 Å². The summed E-state index contributed by atoms with van der Waals surface area (Å²) in [6.45, 7) is 1.32. The van der Waals surface area contributed by atoms with E-state index >= 15 is 0 Å². The normalized spacial score (nSPS) is 12.9.